The van der Waals surface area contributed by atoms with Gasteiger partial charge >= 0.3 is 0 Å². The fourth-order valence-corrected chi connectivity index (χ4v) is 6.66. The number of piperidine rings is 1. The first kappa shape index (κ1) is 12.3. The maximum Gasteiger partial charge on any atom is 0.241 e. The predicted octanol–water partition coefficient (Wildman–Crippen LogP) is 1.16. The highest BCUT2D eigenvalue weighted by Crippen LogP contribution is 2.63. The predicted molar refractivity (Wildman–Crippen MR) is 82.8 cm³/mol. The molecule has 5 nitrogen and oxygen atoms in total. The molecule has 0 aromatic carbocycles. The summed E-state index contributed by atoms with van der Waals surface area (Å²) in [5, 5.41) is 20.3. The Bertz CT molecular complexity index is 676. The zero-order chi connectivity index (χ0) is 17.8. The van der Waals surface area contributed by atoms with Crippen molar-refractivity contribution >= 4 is 5.91 Å². The molecule has 1 heterocycles. The molecule has 124 valence electrons. The molecule has 6 aliphatic rings. The van der Waals surface area contributed by atoms with Crippen molar-refractivity contribution in [1.29, 1.82) is 5.26 Å². The number of amides is 1. The van der Waals surface area contributed by atoms with Crippen LogP contribution in [-0.4, -0.2) is 39.6 Å². The van der Waals surface area contributed by atoms with Crippen LogP contribution < -0.4 is 5.73 Å². The van der Waals surface area contributed by atoms with E-state index in [0.29, 0.717) is 24.7 Å². The number of rotatable bonds is 2. The molecule has 1 saturated heterocycles. The van der Waals surface area contributed by atoms with Gasteiger partial charge in [0.05, 0.1) is 17.7 Å². The Morgan fingerprint density at radius 3 is 2.65 bits per heavy atom. The zero-order valence-electron chi connectivity index (χ0n) is 15.2. The molecule has 2 unspecified atom stereocenters. The van der Waals surface area contributed by atoms with Gasteiger partial charge in [0.15, 0.2) is 0 Å². The molecule has 4 bridgehead atoms. The van der Waals surface area contributed by atoms with Gasteiger partial charge in [0.2, 0.25) is 5.91 Å². The summed E-state index contributed by atoms with van der Waals surface area (Å²) < 4.78 is 16.1. The maximum absolute atomic E-state index is 13.3. The van der Waals surface area contributed by atoms with Gasteiger partial charge in [0.1, 0.15) is 6.04 Å². The van der Waals surface area contributed by atoms with E-state index in [0.717, 1.165) is 32.1 Å². The second-order valence-corrected chi connectivity index (χ2v) is 8.87. The van der Waals surface area contributed by atoms with Gasteiger partial charge < -0.3 is 15.7 Å². The normalized spacial score (nSPS) is 57.3. The first-order valence-corrected chi connectivity index (χ1v) is 8.89. The minimum Gasteiger partial charge on any atom is -0.390 e. The summed E-state index contributed by atoms with van der Waals surface area (Å²) in [4.78, 5) is 14.7. The van der Waals surface area contributed by atoms with E-state index in [2.05, 4.69) is 6.07 Å². The van der Waals surface area contributed by atoms with Crippen LogP contribution in [0.3, 0.4) is 0 Å². The van der Waals surface area contributed by atoms with E-state index < -0.39 is 30.1 Å². The van der Waals surface area contributed by atoms with Crippen molar-refractivity contribution in [3.63, 3.8) is 0 Å². The lowest BCUT2D eigenvalue weighted by Crippen LogP contribution is -2.64. The van der Waals surface area contributed by atoms with Gasteiger partial charge in [-0.3, -0.25) is 4.79 Å². The van der Waals surface area contributed by atoms with E-state index in [4.69, 9.17) is 8.48 Å². The number of carbonyl (C=O) groups excluding carboxylic acids is 1. The fraction of sp³-hybridized carbons (Fsp3) is 0.889. The van der Waals surface area contributed by atoms with E-state index in [1.807, 2.05) is 0 Å². The molecule has 3 N–H and O–H groups in total. The molecule has 5 saturated carbocycles. The lowest BCUT2D eigenvalue weighted by molar-refractivity contribution is -0.177. The third kappa shape index (κ3) is 1.88. The second kappa shape index (κ2) is 4.29. The number of nitrogens with zero attached hydrogens (tertiary/aromatic N) is 2. The van der Waals surface area contributed by atoms with Crippen molar-refractivity contribution in [1.82, 2.24) is 4.90 Å². The molecule has 0 radical (unpaired) electrons. The van der Waals surface area contributed by atoms with Crippen LogP contribution in [-0.2, 0) is 4.79 Å². The van der Waals surface area contributed by atoms with Gasteiger partial charge in [-0.15, -0.1) is 0 Å². The van der Waals surface area contributed by atoms with E-state index >= 15 is 0 Å². The highest BCUT2D eigenvalue weighted by atomic mass is 16.3. The SMILES string of the molecule is [2H]C1([2H])[C@H]2C[C@@H](C#N)N(C(=O)[C@@H](N)C34C[C@@H]5C[C@@H](CC(O)(C5)C3)C4)[C@H]21. The van der Waals surface area contributed by atoms with E-state index in [1.165, 1.54) is 4.90 Å². The zero-order valence-corrected chi connectivity index (χ0v) is 13.2. The van der Waals surface area contributed by atoms with E-state index in [9.17, 15) is 15.2 Å². The number of fused-ring (bicyclic) bond motifs is 1. The number of aliphatic hydroxyl groups is 1. The van der Waals surface area contributed by atoms with Crippen LogP contribution in [0.4, 0.5) is 0 Å². The minimum atomic E-state index is -1.39. The van der Waals surface area contributed by atoms with Crippen molar-refractivity contribution in [2.45, 2.75) is 75.0 Å². The molecule has 0 aromatic rings. The van der Waals surface area contributed by atoms with Crippen LogP contribution in [0.25, 0.3) is 0 Å². The van der Waals surface area contributed by atoms with Gasteiger partial charge in [-0.1, -0.05) is 0 Å². The second-order valence-electron chi connectivity index (χ2n) is 8.87. The van der Waals surface area contributed by atoms with Crippen molar-refractivity contribution < 1.29 is 12.6 Å². The molecule has 5 heteroatoms. The molecular formula is C18H25N3O2. The van der Waals surface area contributed by atoms with Crippen molar-refractivity contribution in [2.24, 2.45) is 28.9 Å². The number of carbonyl (C=O) groups is 1. The average Bonchev–Trinajstić information content (AvgIpc) is 2.89. The van der Waals surface area contributed by atoms with Gasteiger partial charge in [-0.05, 0) is 74.5 Å². The molecule has 5 aliphatic carbocycles. The number of nitrogens with two attached hydrogens (primary N) is 1. The summed E-state index contributed by atoms with van der Waals surface area (Å²) in [5.41, 5.74) is 5.45. The smallest absolute Gasteiger partial charge is 0.241 e. The molecule has 0 spiro atoms. The van der Waals surface area contributed by atoms with Crippen molar-refractivity contribution in [3.05, 3.63) is 0 Å². The number of nitriles is 1. The number of hydrogen-bond donors (Lipinski definition) is 2. The summed E-state index contributed by atoms with van der Waals surface area (Å²) in [6.07, 6.45) is 4.13. The molecule has 6 fully saturated rings. The van der Waals surface area contributed by atoms with E-state index in [1.54, 1.807) is 0 Å². The van der Waals surface area contributed by atoms with Gasteiger partial charge in [-0.25, -0.2) is 0 Å². The van der Waals surface area contributed by atoms with Gasteiger partial charge in [0, 0.05) is 8.78 Å². The largest absolute Gasteiger partial charge is 0.390 e. The molecule has 1 amide bonds. The Kier molecular flexibility index (Phi) is 2.29. The summed E-state index contributed by atoms with van der Waals surface area (Å²) in [6.45, 7) is 0. The summed E-state index contributed by atoms with van der Waals surface area (Å²) >= 11 is 0. The first-order chi connectivity index (χ1) is 11.7. The molecular weight excluding hydrogens is 290 g/mol. The third-order valence-electron chi connectivity index (χ3n) is 7.17. The summed E-state index contributed by atoms with van der Waals surface area (Å²) in [6, 6.07) is 0.370. The van der Waals surface area contributed by atoms with Crippen LogP contribution in [0.1, 0.15) is 54.1 Å². The minimum absolute atomic E-state index is 0.228. The van der Waals surface area contributed by atoms with Crippen LogP contribution in [0.2, 0.25) is 0 Å². The van der Waals surface area contributed by atoms with Crippen LogP contribution in [0, 0.1) is 34.5 Å². The quantitative estimate of drug-likeness (QED) is 0.799. The Balaban J connectivity index is 1.44. The molecule has 8 atom stereocenters. The average molecular weight is 317 g/mol. The Hall–Kier alpha value is -1.12. The highest BCUT2D eigenvalue weighted by molar-refractivity contribution is 5.84. The number of hydrogen-bond acceptors (Lipinski definition) is 4. The Morgan fingerprint density at radius 1 is 1.35 bits per heavy atom. The standard InChI is InChI=1S/C18H25N3O2/c19-8-13-2-12-3-14(12)21(13)16(22)15(20)17-4-10-1-11(5-17)7-18(23,6-10)9-17/h10-15,23H,1-7,9,20H2/t10-,11+,12-,13+,14+,15-,17?,18?/m1/s1/i3D2. The monoisotopic (exact) mass is 317 g/mol. The Morgan fingerprint density at radius 2 is 2.04 bits per heavy atom. The number of likely N-dealkylation sites (tertiary alicyclic amines) is 1. The van der Waals surface area contributed by atoms with Gasteiger partial charge in [-0.2, -0.15) is 5.26 Å². The molecule has 1 aliphatic heterocycles. The summed E-state index contributed by atoms with van der Waals surface area (Å²) in [7, 11) is 0. The maximum atomic E-state index is 13.3. The van der Waals surface area contributed by atoms with Crippen molar-refractivity contribution in [3.8, 4) is 6.07 Å². The van der Waals surface area contributed by atoms with E-state index in [-0.39, 0.29) is 17.2 Å². The molecule has 23 heavy (non-hydrogen) atoms. The lowest BCUT2D eigenvalue weighted by atomic mass is 9.46. The van der Waals surface area contributed by atoms with Crippen LogP contribution in [0.15, 0.2) is 0 Å². The first-order valence-electron chi connectivity index (χ1n) is 9.89. The topological polar surface area (TPSA) is 90.4 Å². The fourth-order valence-electron chi connectivity index (χ4n) is 6.66. The Labute approximate surface area is 139 Å². The third-order valence-corrected chi connectivity index (χ3v) is 7.17. The lowest BCUT2D eigenvalue weighted by Gasteiger charge is -2.61. The molecule has 6 rings (SSSR count). The molecule has 0 aromatic heterocycles. The summed E-state index contributed by atoms with van der Waals surface area (Å²) in [5.74, 6) is 0.380. The highest BCUT2D eigenvalue weighted by Gasteiger charge is 2.62. The van der Waals surface area contributed by atoms with Gasteiger partial charge in [0.25, 0.3) is 0 Å². The van der Waals surface area contributed by atoms with Crippen molar-refractivity contribution in [2.75, 3.05) is 0 Å². The van der Waals surface area contributed by atoms with Crippen LogP contribution in [0.5, 0.6) is 0 Å². The van der Waals surface area contributed by atoms with Crippen LogP contribution >= 0.6 is 0 Å².